The summed E-state index contributed by atoms with van der Waals surface area (Å²) in [5.74, 6) is -4.57. The van der Waals surface area contributed by atoms with Gasteiger partial charge in [-0.15, -0.1) is 0 Å². The number of benzene rings is 1. The number of halogens is 1. The van der Waals surface area contributed by atoms with Crippen LogP contribution in [0.5, 0.6) is 0 Å². The van der Waals surface area contributed by atoms with E-state index < -0.39 is 41.9 Å². The van der Waals surface area contributed by atoms with E-state index in [1.165, 1.54) is 31.4 Å². The van der Waals surface area contributed by atoms with Gasteiger partial charge in [0, 0.05) is 5.92 Å². The van der Waals surface area contributed by atoms with Crippen LogP contribution in [0.15, 0.2) is 35.6 Å². The number of nitrogens with one attached hydrogen (secondary N) is 1. The molecule has 0 aromatic heterocycles. The highest BCUT2D eigenvalue weighted by Gasteiger charge is 2.42. The zero-order valence-corrected chi connectivity index (χ0v) is 13.5. The molecule has 2 atom stereocenters. The molecule has 0 bridgehead atoms. The van der Waals surface area contributed by atoms with E-state index in [1.54, 1.807) is 0 Å². The molecule has 1 aromatic rings. The first-order valence-electron chi connectivity index (χ1n) is 7.22. The topological polar surface area (TPSA) is 109 Å². The SMILES string of the molecule is COC(=O)CC1=C(C(=O)OC)C(c2ccc(F)cc2)C(C#N)C(=N)O1. The van der Waals surface area contributed by atoms with E-state index in [-0.39, 0.29) is 11.3 Å². The molecule has 2 rings (SSSR count). The minimum absolute atomic E-state index is 0.0675. The van der Waals surface area contributed by atoms with Crippen LogP contribution in [0.25, 0.3) is 0 Å². The fourth-order valence-corrected chi connectivity index (χ4v) is 2.59. The second-order valence-electron chi connectivity index (χ2n) is 5.18. The molecule has 0 saturated carbocycles. The van der Waals surface area contributed by atoms with Gasteiger partial charge in [-0.05, 0) is 17.7 Å². The average Bonchev–Trinajstić information content (AvgIpc) is 2.61. The van der Waals surface area contributed by atoms with Gasteiger partial charge in [0.05, 0.1) is 25.9 Å². The maximum absolute atomic E-state index is 13.2. The summed E-state index contributed by atoms with van der Waals surface area (Å²) >= 11 is 0. The zero-order chi connectivity index (χ0) is 18.6. The lowest BCUT2D eigenvalue weighted by molar-refractivity contribution is -0.140. The van der Waals surface area contributed by atoms with Crippen molar-refractivity contribution >= 4 is 17.8 Å². The Morgan fingerprint density at radius 1 is 1.28 bits per heavy atom. The van der Waals surface area contributed by atoms with Gasteiger partial charge in [-0.3, -0.25) is 10.2 Å². The molecule has 0 spiro atoms. The molecule has 0 amide bonds. The number of esters is 2. The first kappa shape index (κ1) is 18.1. The van der Waals surface area contributed by atoms with E-state index in [2.05, 4.69) is 4.74 Å². The first-order valence-corrected chi connectivity index (χ1v) is 7.22. The Bertz CT molecular complexity index is 779. The van der Waals surface area contributed by atoms with Crippen LogP contribution in [0.4, 0.5) is 4.39 Å². The number of rotatable bonds is 4. The zero-order valence-electron chi connectivity index (χ0n) is 13.5. The van der Waals surface area contributed by atoms with Gasteiger partial charge in [-0.2, -0.15) is 5.26 Å². The third kappa shape index (κ3) is 3.66. The predicted molar refractivity (Wildman–Crippen MR) is 82.7 cm³/mol. The van der Waals surface area contributed by atoms with E-state index in [9.17, 15) is 19.2 Å². The minimum Gasteiger partial charge on any atom is -0.469 e. The van der Waals surface area contributed by atoms with Crippen molar-refractivity contribution in [2.75, 3.05) is 14.2 Å². The van der Waals surface area contributed by atoms with Crippen molar-refractivity contribution < 1.29 is 28.2 Å². The normalized spacial score (nSPS) is 19.7. The highest BCUT2D eigenvalue weighted by molar-refractivity contribution is 5.96. The van der Waals surface area contributed by atoms with E-state index in [1.807, 2.05) is 6.07 Å². The van der Waals surface area contributed by atoms with E-state index in [4.69, 9.17) is 14.9 Å². The third-order valence-electron chi connectivity index (χ3n) is 3.77. The van der Waals surface area contributed by atoms with E-state index in [0.717, 1.165) is 7.11 Å². The third-order valence-corrected chi connectivity index (χ3v) is 3.77. The van der Waals surface area contributed by atoms with Crippen molar-refractivity contribution in [3.8, 4) is 6.07 Å². The van der Waals surface area contributed by atoms with Crippen LogP contribution in [0, 0.1) is 28.5 Å². The molecule has 1 heterocycles. The molecule has 25 heavy (non-hydrogen) atoms. The lowest BCUT2D eigenvalue weighted by Crippen LogP contribution is -2.34. The average molecular weight is 346 g/mol. The van der Waals surface area contributed by atoms with Gasteiger partial charge in [-0.1, -0.05) is 12.1 Å². The second kappa shape index (κ2) is 7.57. The molecule has 8 heteroatoms. The highest BCUT2D eigenvalue weighted by Crippen LogP contribution is 2.40. The van der Waals surface area contributed by atoms with Gasteiger partial charge in [0.25, 0.3) is 0 Å². The number of hydrogen-bond acceptors (Lipinski definition) is 7. The van der Waals surface area contributed by atoms with Gasteiger partial charge in [-0.25, -0.2) is 9.18 Å². The Hall–Kier alpha value is -3.21. The van der Waals surface area contributed by atoms with Crippen molar-refractivity contribution in [3.63, 3.8) is 0 Å². The summed E-state index contributed by atoms with van der Waals surface area (Å²) in [6, 6.07) is 7.08. The fourth-order valence-electron chi connectivity index (χ4n) is 2.59. The lowest BCUT2D eigenvalue weighted by Gasteiger charge is -2.31. The number of hydrogen-bond donors (Lipinski definition) is 1. The monoisotopic (exact) mass is 346 g/mol. The van der Waals surface area contributed by atoms with Crippen molar-refractivity contribution in [2.24, 2.45) is 5.92 Å². The van der Waals surface area contributed by atoms with Crippen LogP contribution in [0.3, 0.4) is 0 Å². The van der Waals surface area contributed by atoms with Crippen molar-refractivity contribution in [1.29, 1.82) is 10.7 Å². The molecule has 130 valence electrons. The fraction of sp³-hybridized carbons (Fsp3) is 0.294. The Labute approximate surface area is 143 Å². The van der Waals surface area contributed by atoms with Gasteiger partial charge in [0.15, 0.2) is 0 Å². The summed E-state index contributed by atoms with van der Waals surface area (Å²) in [7, 11) is 2.32. The Morgan fingerprint density at radius 3 is 2.44 bits per heavy atom. The molecule has 1 aliphatic heterocycles. The summed E-state index contributed by atoms with van der Waals surface area (Å²) in [6.07, 6.45) is -0.404. The molecular formula is C17H15FN2O5. The molecular weight excluding hydrogens is 331 g/mol. The Balaban J connectivity index is 2.65. The smallest absolute Gasteiger partial charge is 0.337 e. The summed E-state index contributed by atoms with van der Waals surface area (Å²) in [4.78, 5) is 23.9. The molecule has 0 fully saturated rings. The number of nitrogens with zero attached hydrogens (tertiary/aromatic N) is 1. The van der Waals surface area contributed by atoms with Gasteiger partial charge >= 0.3 is 11.9 Å². The quantitative estimate of drug-likeness (QED) is 0.836. The Morgan fingerprint density at radius 2 is 1.92 bits per heavy atom. The molecule has 1 aliphatic rings. The maximum atomic E-state index is 13.2. The van der Waals surface area contributed by atoms with Crippen LogP contribution in [-0.2, 0) is 23.8 Å². The van der Waals surface area contributed by atoms with Gasteiger partial charge in [0.2, 0.25) is 5.90 Å². The molecule has 1 N–H and O–H groups in total. The number of ether oxygens (including phenoxy) is 3. The molecule has 0 radical (unpaired) electrons. The molecule has 1 aromatic carbocycles. The van der Waals surface area contributed by atoms with Crippen molar-refractivity contribution in [3.05, 3.63) is 47.0 Å². The van der Waals surface area contributed by atoms with E-state index in [0.29, 0.717) is 5.56 Å². The van der Waals surface area contributed by atoms with Crippen molar-refractivity contribution in [2.45, 2.75) is 12.3 Å². The largest absolute Gasteiger partial charge is 0.469 e. The summed E-state index contributed by atoms with van der Waals surface area (Å²) in [5, 5.41) is 17.4. The first-order chi connectivity index (χ1) is 11.9. The summed E-state index contributed by atoms with van der Waals surface area (Å²) < 4.78 is 27.8. The number of carbonyl (C=O) groups is 2. The maximum Gasteiger partial charge on any atom is 0.337 e. The van der Waals surface area contributed by atoms with Crippen LogP contribution >= 0.6 is 0 Å². The molecule has 2 unspecified atom stereocenters. The predicted octanol–water partition coefficient (Wildman–Crippen LogP) is 2.05. The summed E-state index contributed by atoms with van der Waals surface area (Å²) in [6.45, 7) is 0. The van der Waals surface area contributed by atoms with Gasteiger partial charge < -0.3 is 14.2 Å². The minimum atomic E-state index is -1.12. The number of carbonyl (C=O) groups excluding carboxylic acids is 2. The standard InChI is InChI=1S/C17H15FN2O5/c1-23-13(21)7-12-15(17(22)24-2)14(11(8-19)16(20)25-12)9-3-5-10(18)6-4-9/h3-6,11,14,20H,7H2,1-2H3. The number of nitriles is 1. The van der Waals surface area contributed by atoms with E-state index >= 15 is 0 Å². The number of methoxy groups -OCH3 is 2. The van der Waals surface area contributed by atoms with Crippen LogP contribution in [-0.4, -0.2) is 32.1 Å². The summed E-state index contributed by atoms with van der Waals surface area (Å²) in [5.41, 5.74) is 0.353. The van der Waals surface area contributed by atoms with Crippen LogP contribution in [0.2, 0.25) is 0 Å². The van der Waals surface area contributed by atoms with Crippen LogP contribution < -0.4 is 0 Å². The Kier molecular flexibility index (Phi) is 5.49. The molecule has 0 aliphatic carbocycles. The second-order valence-corrected chi connectivity index (χ2v) is 5.18. The van der Waals surface area contributed by atoms with Gasteiger partial charge in [0.1, 0.15) is 23.9 Å². The highest BCUT2D eigenvalue weighted by atomic mass is 19.1. The lowest BCUT2D eigenvalue weighted by atomic mass is 9.78. The van der Waals surface area contributed by atoms with Crippen molar-refractivity contribution in [1.82, 2.24) is 0 Å². The molecule has 7 nitrogen and oxygen atoms in total. The van der Waals surface area contributed by atoms with Crippen LogP contribution in [0.1, 0.15) is 17.9 Å². The molecule has 0 saturated heterocycles.